The largest absolute Gasteiger partial charge is 0.354 e. The Morgan fingerprint density at radius 1 is 1.28 bits per heavy atom. The van der Waals surface area contributed by atoms with Crippen LogP contribution in [-0.2, 0) is 16.0 Å². The molecule has 0 aromatic heterocycles. The number of rotatable bonds is 5. The fourth-order valence-corrected chi connectivity index (χ4v) is 1.73. The summed E-state index contributed by atoms with van der Waals surface area (Å²) in [5.74, 6) is -0.352. The van der Waals surface area contributed by atoms with Gasteiger partial charge in [-0.25, -0.2) is 0 Å². The predicted molar refractivity (Wildman–Crippen MR) is 71.2 cm³/mol. The molecule has 0 saturated heterocycles. The maximum atomic E-state index is 11.6. The molecule has 1 aromatic rings. The van der Waals surface area contributed by atoms with Crippen LogP contribution in [0.4, 0.5) is 0 Å². The fourth-order valence-electron chi connectivity index (χ4n) is 1.73. The van der Waals surface area contributed by atoms with E-state index < -0.39 is 6.04 Å². The van der Waals surface area contributed by atoms with Crippen LogP contribution in [0, 0.1) is 6.92 Å². The van der Waals surface area contributed by atoms with Crippen LogP contribution in [0.15, 0.2) is 24.3 Å². The zero-order chi connectivity index (χ0) is 13.5. The summed E-state index contributed by atoms with van der Waals surface area (Å²) in [6.07, 6.45) is 0.797. The van der Waals surface area contributed by atoms with Gasteiger partial charge in [0, 0.05) is 13.5 Å². The number of aryl methyl sites for hydroxylation is 1. The lowest BCUT2D eigenvalue weighted by Crippen LogP contribution is -2.44. The summed E-state index contributed by atoms with van der Waals surface area (Å²) in [5, 5.41) is 5.36. The minimum Gasteiger partial charge on any atom is -0.354 e. The molecular weight excluding hydrogens is 228 g/mol. The van der Waals surface area contributed by atoms with Crippen LogP contribution in [0.3, 0.4) is 0 Å². The van der Waals surface area contributed by atoms with Crippen molar-refractivity contribution < 1.29 is 9.59 Å². The van der Waals surface area contributed by atoms with Crippen molar-refractivity contribution in [3.05, 3.63) is 35.4 Å². The molecule has 2 amide bonds. The van der Waals surface area contributed by atoms with Crippen molar-refractivity contribution >= 4 is 11.8 Å². The van der Waals surface area contributed by atoms with Gasteiger partial charge in [0.15, 0.2) is 0 Å². The number of amides is 2. The average Bonchev–Trinajstić information content (AvgIpc) is 2.30. The normalized spacial score (nSPS) is 11.7. The second-order valence-corrected chi connectivity index (χ2v) is 4.39. The van der Waals surface area contributed by atoms with Gasteiger partial charge in [0.2, 0.25) is 11.8 Å². The molecule has 0 bridgehead atoms. The minimum absolute atomic E-state index is 0.154. The number of carbonyl (C=O) groups excluding carboxylic acids is 2. The first-order valence-corrected chi connectivity index (χ1v) is 6.10. The van der Waals surface area contributed by atoms with E-state index in [0.29, 0.717) is 6.54 Å². The quantitative estimate of drug-likeness (QED) is 0.822. The van der Waals surface area contributed by atoms with E-state index in [1.54, 1.807) is 6.92 Å². The molecule has 1 unspecified atom stereocenters. The van der Waals surface area contributed by atoms with Gasteiger partial charge in [-0.1, -0.05) is 24.3 Å². The van der Waals surface area contributed by atoms with Crippen LogP contribution >= 0.6 is 0 Å². The van der Waals surface area contributed by atoms with Crippen LogP contribution in [0.1, 0.15) is 25.0 Å². The zero-order valence-corrected chi connectivity index (χ0v) is 11.1. The van der Waals surface area contributed by atoms with Crippen LogP contribution < -0.4 is 10.6 Å². The summed E-state index contributed by atoms with van der Waals surface area (Å²) < 4.78 is 0. The lowest BCUT2D eigenvalue weighted by molar-refractivity contribution is -0.127. The zero-order valence-electron chi connectivity index (χ0n) is 11.1. The Morgan fingerprint density at radius 3 is 2.56 bits per heavy atom. The maximum absolute atomic E-state index is 11.6. The Labute approximate surface area is 108 Å². The summed E-state index contributed by atoms with van der Waals surface area (Å²) in [5.41, 5.74) is 2.45. The highest BCUT2D eigenvalue weighted by Gasteiger charge is 2.12. The van der Waals surface area contributed by atoms with Crippen LogP contribution in [0.5, 0.6) is 0 Å². The lowest BCUT2D eigenvalue weighted by atomic mass is 10.1. The number of carbonyl (C=O) groups is 2. The summed E-state index contributed by atoms with van der Waals surface area (Å²) in [6, 6.07) is 7.61. The van der Waals surface area contributed by atoms with Crippen LogP contribution in [-0.4, -0.2) is 24.4 Å². The standard InChI is InChI=1S/C14H20N2O2/c1-10-6-4-5-7-13(10)8-9-15-14(18)11(2)16-12(3)17/h4-7,11H,8-9H2,1-3H3,(H,15,18)(H,16,17). The highest BCUT2D eigenvalue weighted by Crippen LogP contribution is 2.06. The van der Waals surface area contributed by atoms with E-state index in [2.05, 4.69) is 29.7 Å². The SMILES string of the molecule is CC(=O)NC(C)C(=O)NCCc1ccccc1C. The van der Waals surface area contributed by atoms with Gasteiger partial charge >= 0.3 is 0 Å². The van der Waals surface area contributed by atoms with Gasteiger partial charge < -0.3 is 10.6 Å². The first kappa shape index (κ1) is 14.2. The fraction of sp³-hybridized carbons (Fsp3) is 0.429. The molecule has 4 nitrogen and oxygen atoms in total. The van der Waals surface area contributed by atoms with Gasteiger partial charge in [-0.3, -0.25) is 9.59 Å². The van der Waals surface area contributed by atoms with E-state index in [1.807, 2.05) is 12.1 Å². The monoisotopic (exact) mass is 248 g/mol. The molecule has 0 radical (unpaired) electrons. The van der Waals surface area contributed by atoms with Crippen molar-refractivity contribution in [1.82, 2.24) is 10.6 Å². The molecule has 1 rings (SSSR count). The van der Waals surface area contributed by atoms with E-state index >= 15 is 0 Å². The number of hydrogen-bond acceptors (Lipinski definition) is 2. The Morgan fingerprint density at radius 2 is 1.94 bits per heavy atom. The molecular formula is C14H20N2O2. The smallest absolute Gasteiger partial charge is 0.242 e. The molecule has 1 aromatic carbocycles. The summed E-state index contributed by atoms with van der Waals surface area (Å²) in [7, 11) is 0. The van der Waals surface area contributed by atoms with Gasteiger partial charge in [0.1, 0.15) is 6.04 Å². The van der Waals surface area contributed by atoms with Gasteiger partial charge in [-0.05, 0) is 31.4 Å². The molecule has 0 aliphatic heterocycles. The molecule has 18 heavy (non-hydrogen) atoms. The predicted octanol–water partition coefficient (Wildman–Crippen LogP) is 1.18. The lowest BCUT2D eigenvalue weighted by Gasteiger charge is -2.13. The molecule has 2 N–H and O–H groups in total. The number of nitrogens with one attached hydrogen (secondary N) is 2. The van der Waals surface area contributed by atoms with E-state index in [1.165, 1.54) is 18.1 Å². The molecule has 0 fully saturated rings. The Kier molecular flexibility index (Phi) is 5.36. The Bertz CT molecular complexity index is 430. The van der Waals surface area contributed by atoms with Crippen molar-refractivity contribution in [1.29, 1.82) is 0 Å². The summed E-state index contributed by atoms with van der Waals surface area (Å²) >= 11 is 0. The van der Waals surface area contributed by atoms with E-state index in [-0.39, 0.29) is 11.8 Å². The van der Waals surface area contributed by atoms with Crippen molar-refractivity contribution in [2.45, 2.75) is 33.2 Å². The average molecular weight is 248 g/mol. The molecule has 4 heteroatoms. The first-order chi connectivity index (χ1) is 8.50. The van der Waals surface area contributed by atoms with Gasteiger partial charge in [-0.2, -0.15) is 0 Å². The van der Waals surface area contributed by atoms with Crippen molar-refractivity contribution in [3.8, 4) is 0 Å². The van der Waals surface area contributed by atoms with Crippen molar-refractivity contribution in [3.63, 3.8) is 0 Å². The number of hydrogen-bond donors (Lipinski definition) is 2. The van der Waals surface area contributed by atoms with Gasteiger partial charge in [-0.15, -0.1) is 0 Å². The van der Waals surface area contributed by atoms with Gasteiger partial charge in [0.25, 0.3) is 0 Å². The minimum atomic E-state index is -0.487. The summed E-state index contributed by atoms with van der Waals surface area (Å²) in [6.45, 7) is 5.70. The van der Waals surface area contributed by atoms with E-state index in [0.717, 1.165) is 6.42 Å². The van der Waals surface area contributed by atoms with Crippen molar-refractivity contribution in [2.75, 3.05) is 6.54 Å². The maximum Gasteiger partial charge on any atom is 0.242 e. The van der Waals surface area contributed by atoms with Gasteiger partial charge in [0.05, 0.1) is 0 Å². The molecule has 0 aliphatic carbocycles. The summed E-state index contributed by atoms with van der Waals surface area (Å²) in [4.78, 5) is 22.4. The van der Waals surface area contributed by atoms with E-state index in [4.69, 9.17) is 0 Å². The highest BCUT2D eigenvalue weighted by atomic mass is 16.2. The van der Waals surface area contributed by atoms with Crippen molar-refractivity contribution in [2.24, 2.45) is 0 Å². The molecule has 0 saturated carbocycles. The molecule has 1 atom stereocenters. The second kappa shape index (κ2) is 6.79. The Hall–Kier alpha value is -1.84. The highest BCUT2D eigenvalue weighted by molar-refractivity contribution is 5.86. The van der Waals surface area contributed by atoms with Crippen LogP contribution in [0.25, 0.3) is 0 Å². The third kappa shape index (κ3) is 4.57. The third-order valence-corrected chi connectivity index (χ3v) is 2.77. The second-order valence-electron chi connectivity index (χ2n) is 4.39. The van der Waals surface area contributed by atoms with E-state index in [9.17, 15) is 9.59 Å². The molecule has 0 heterocycles. The molecule has 0 spiro atoms. The van der Waals surface area contributed by atoms with Crippen LogP contribution in [0.2, 0.25) is 0 Å². The Balaban J connectivity index is 2.36. The molecule has 98 valence electrons. The molecule has 0 aliphatic rings. The topological polar surface area (TPSA) is 58.2 Å². The third-order valence-electron chi connectivity index (χ3n) is 2.77. The number of benzene rings is 1. The first-order valence-electron chi connectivity index (χ1n) is 6.10.